The van der Waals surface area contributed by atoms with Crippen LogP contribution in [0.4, 0.5) is 10.9 Å². The lowest BCUT2D eigenvalue weighted by molar-refractivity contribution is 0.489. The number of aromatic nitrogens is 6. The Balaban J connectivity index is 1.28. The van der Waals surface area contributed by atoms with E-state index in [2.05, 4.69) is 36.5 Å². The zero-order chi connectivity index (χ0) is 16.3. The molecule has 0 unspecified atom stereocenters. The first-order valence-electron chi connectivity index (χ1n) is 8.19. The van der Waals surface area contributed by atoms with Gasteiger partial charge in [-0.05, 0) is 31.9 Å². The average molecular weight is 342 g/mol. The summed E-state index contributed by atoms with van der Waals surface area (Å²) in [7, 11) is 2.11. The van der Waals surface area contributed by atoms with E-state index in [0.29, 0.717) is 12.0 Å². The molecule has 0 amide bonds. The molecule has 0 atom stereocenters. The summed E-state index contributed by atoms with van der Waals surface area (Å²) < 4.78 is 6.29. The average Bonchev–Trinajstić information content (AvgIpc) is 3.16. The minimum Gasteiger partial charge on any atom is -0.351 e. The van der Waals surface area contributed by atoms with Crippen molar-refractivity contribution in [3.8, 4) is 0 Å². The van der Waals surface area contributed by atoms with Crippen molar-refractivity contribution in [2.75, 3.05) is 29.9 Å². The number of fused-ring (bicyclic) bond motifs is 1. The first kappa shape index (κ1) is 14.1. The van der Waals surface area contributed by atoms with Gasteiger partial charge in [-0.25, -0.2) is 4.98 Å². The van der Waals surface area contributed by atoms with Gasteiger partial charge in [0.25, 0.3) is 0 Å². The maximum atomic E-state index is 4.70. The van der Waals surface area contributed by atoms with Crippen LogP contribution in [0.25, 0.3) is 5.65 Å². The van der Waals surface area contributed by atoms with Gasteiger partial charge in [0.05, 0.1) is 6.04 Å². The Morgan fingerprint density at radius 3 is 2.83 bits per heavy atom. The minimum absolute atomic E-state index is 0.449. The van der Waals surface area contributed by atoms with Gasteiger partial charge in [-0.1, -0.05) is 0 Å². The maximum absolute atomic E-state index is 4.70. The highest BCUT2D eigenvalue weighted by Crippen LogP contribution is 2.40. The lowest BCUT2D eigenvalue weighted by atomic mass is 10.1. The highest BCUT2D eigenvalue weighted by molar-refractivity contribution is 7.09. The Bertz CT molecular complexity index is 892. The molecule has 3 aromatic heterocycles. The van der Waals surface area contributed by atoms with Crippen LogP contribution in [-0.4, -0.2) is 55.3 Å². The van der Waals surface area contributed by atoms with Gasteiger partial charge < -0.3 is 9.80 Å². The Morgan fingerprint density at radius 1 is 1.21 bits per heavy atom. The van der Waals surface area contributed by atoms with E-state index < -0.39 is 0 Å². The van der Waals surface area contributed by atoms with Gasteiger partial charge in [0, 0.05) is 37.6 Å². The van der Waals surface area contributed by atoms with Crippen LogP contribution >= 0.6 is 11.5 Å². The molecule has 24 heavy (non-hydrogen) atoms. The van der Waals surface area contributed by atoms with Crippen molar-refractivity contribution in [2.24, 2.45) is 0 Å². The molecule has 1 aliphatic heterocycles. The Hall–Kier alpha value is -2.29. The molecule has 0 bridgehead atoms. The predicted octanol–water partition coefficient (Wildman–Crippen LogP) is 1.49. The van der Waals surface area contributed by atoms with Crippen molar-refractivity contribution in [1.29, 1.82) is 0 Å². The second-order valence-corrected chi connectivity index (χ2v) is 7.32. The van der Waals surface area contributed by atoms with Gasteiger partial charge in [-0.3, -0.25) is 0 Å². The van der Waals surface area contributed by atoms with Gasteiger partial charge in [0.15, 0.2) is 11.5 Å². The fraction of sp³-hybridized carbons (Fsp3) is 0.533. The van der Waals surface area contributed by atoms with Gasteiger partial charge in [-0.2, -0.15) is 8.89 Å². The molecule has 0 radical (unpaired) electrons. The second-order valence-electron chi connectivity index (χ2n) is 6.59. The summed E-state index contributed by atoms with van der Waals surface area (Å²) in [6.45, 7) is 3.79. The Morgan fingerprint density at radius 2 is 2.04 bits per heavy atom. The lowest BCUT2D eigenvalue weighted by Gasteiger charge is -2.44. The number of aryl methyl sites for hydroxylation is 1. The summed E-state index contributed by atoms with van der Waals surface area (Å²) >= 11 is 1.52. The molecule has 4 heterocycles. The van der Waals surface area contributed by atoms with E-state index in [1.165, 1.54) is 24.4 Å². The number of rotatable bonds is 4. The SMILES string of the molecule is Cc1nnc2ccc(N3CC(N(C)c4nc(C5CC5)ns4)C3)nn12. The molecule has 1 aliphatic carbocycles. The molecule has 2 aliphatic rings. The summed E-state index contributed by atoms with van der Waals surface area (Å²) in [5, 5.41) is 13.8. The van der Waals surface area contributed by atoms with E-state index in [1.807, 2.05) is 19.1 Å². The number of nitrogens with zero attached hydrogens (tertiary/aromatic N) is 8. The molecule has 5 rings (SSSR count). The molecular weight excluding hydrogens is 324 g/mol. The van der Waals surface area contributed by atoms with Gasteiger partial charge in [-0.15, -0.1) is 15.3 Å². The van der Waals surface area contributed by atoms with E-state index in [9.17, 15) is 0 Å². The van der Waals surface area contributed by atoms with Gasteiger partial charge in [0.1, 0.15) is 11.6 Å². The van der Waals surface area contributed by atoms with Gasteiger partial charge >= 0.3 is 0 Å². The number of hydrogen-bond acceptors (Lipinski definition) is 8. The van der Waals surface area contributed by atoms with Crippen molar-refractivity contribution < 1.29 is 0 Å². The van der Waals surface area contributed by atoms with Crippen LogP contribution in [0.2, 0.25) is 0 Å². The zero-order valence-electron chi connectivity index (χ0n) is 13.6. The van der Waals surface area contributed by atoms with Crippen LogP contribution in [0.1, 0.15) is 30.4 Å². The quantitative estimate of drug-likeness (QED) is 0.711. The molecule has 1 saturated carbocycles. The van der Waals surface area contributed by atoms with E-state index >= 15 is 0 Å². The summed E-state index contributed by atoms with van der Waals surface area (Å²) in [6.07, 6.45) is 2.49. The minimum atomic E-state index is 0.449. The summed E-state index contributed by atoms with van der Waals surface area (Å²) in [4.78, 5) is 9.22. The van der Waals surface area contributed by atoms with Crippen molar-refractivity contribution in [3.63, 3.8) is 0 Å². The predicted molar refractivity (Wildman–Crippen MR) is 91.8 cm³/mol. The highest BCUT2D eigenvalue weighted by Gasteiger charge is 2.34. The normalized spacial score (nSPS) is 18.2. The molecule has 1 saturated heterocycles. The fourth-order valence-corrected chi connectivity index (χ4v) is 3.75. The molecule has 2 fully saturated rings. The maximum Gasteiger partial charge on any atom is 0.205 e. The topological polar surface area (TPSA) is 75.3 Å². The lowest BCUT2D eigenvalue weighted by Crippen LogP contribution is -2.59. The number of likely N-dealkylation sites (N-methyl/N-ethyl adjacent to an activating group) is 1. The molecular formula is C15H18N8S. The molecule has 8 nitrogen and oxygen atoms in total. The highest BCUT2D eigenvalue weighted by atomic mass is 32.1. The smallest absolute Gasteiger partial charge is 0.205 e. The Labute approximate surface area is 143 Å². The monoisotopic (exact) mass is 342 g/mol. The van der Waals surface area contributed by atoms with E-state index in [-0.39, 0.29) is 0 Å². The number of hydrogen-bond donors (Lipinski definition) is 0. The molecule has 0 N–H and O–H groups in total. The Kier molecular flexibility index (Phi) is 2.99. The largest absolute Gasteiger partial charge is 0.351 e. The summed E-state index contributed by atoms with van der Waals surface area (Å²) in [5.41, 5.74) is 0.784. The molecule has 0 aromatic carbocycles. The summed E-state index contributed by atoms with van der Waals surface area (Å²) in [5.74, 6) is 3.42. The van der Waals surface area contributed by atoms with Crippen LogP contribution < -0.4 is 9.80 Å². The van der Waals surface area contributed by atoms with Crippen molar-refractivity contribution in [3.05, 3.63) is 23.8 Å². The number of anilines is 2. The standard InChI is InChI=1S/C15H18N8S/c1-9-17-18-12-5-6-13(19-23(9)12)22-7-11(8-22)21(2)15-16-14(20-24-15)10-3-4-10/h5-6,10-11H,3-4,7-8H2,1-2H3. The van der Waals surface area contributed by atoms with E-state index in [1.54, 1.807) is 4.52 Å². The molecule has 3 aromatic rings. The van der Waals surface area contributed by atoms with Crippen LogP contribution in [-0.2, 0) is 0 Å². The fourth-order valence-electron chi connectivity index (χ4n) is 2.98. The second kappa shape index (κ2) is 5.10. The van der Waals surface area contributed by atoms with Gasteiger partial charge in [0.2, 0.25) is 5.13 Å². The van der Waals surface area contributed by atoms with Crippen LogP contribution in [0, 0.1) is 6.92 Å². The van der Waals surface area contributed by atoms with E-state index in [4.69, 9.17) is 4.98 Å². The van der Waals surface area contributed by atoms with Crippen LogP contribution in [0.5, 0.6) is 0 Å². The first-order chi connectivity index (χ1) is 11.7. The third-order valence-corrected chi connectivity index (χ3v) is 5.63. The van der Waals surface area contributed by atoms with Crippen molar-refractivity contribution in [2.45, 2.75) is 31.7 Å². The third-order valence-electron chi connectivity index (χ3n) is 4.81. The summed E-state index contributed by atoms with van der Waals surface area (Å²) in [6, 6.07) is 4.42. The first-order valence-corrected chi connectivity index (χ1v) is 8.97. The molecule has 124 valence electrons. The molecule has 0 spiro atoms. The molecule has 9 heteroatoms. The van der Waals surface area contributed by atoms with Crippen molar-refractivity contribution in [1.82, 2.24) is 29.2 Å². The zero-order valence-corrected chi connectivity index (χ0v) is 14.4. The van der Waals surface area contributed by atoms with Crippen molar-refractivity contribution >= 4 is 28.1 Å². The third kappa shape index (κ3) is 2.22. The van der Waals surface area contributed by atoms with E-state index in [0.717, 1.165) is 41.3 Å². The van der Waals surface area contributed by atoms with Crippen LogP contribution in [0.15, 0.2) is 12.1 Å². The van der Waals surface area contributed by atoms with Crippen LogP contribution in [0.3, 0.4) is 0 Å².